The summed E-state index contributed by atoms with van der Waals surface area (Å²) in [5.74, 6) is -0.866. The minimum atomic E-state index is -0.607. The standard InChI is InChI=1S/C27H30O3/c1-14-12-17(16-6-8-18(9-7-16)27(3,4)5)13-15(2)21(14)24-25(28)22-19-10-11-20(30-19)23(22)26(24)29/h6-9,12-13,19-20,22-24H,10-11H2,1-5H3/t19-,20-,22-,23+,24?/m1/s1. The summed E-state index contributed by atoms with van der Waals surface area (Å²) >= 11 is 0. The highest BCUT2D eigenvalue weighted by Crippen LogP contribution is 2.53. The molecule has 2 aromatic carbocycles. The second kappa shape index (κ2) is 6.62. The Balaban J connectivity index is 1.50. The van der Waals surface area contributed by atoms with E-state index in [0.29, 0.717) is 0 Å². The minimum absolute atomic E-state index is 0.0392. The van der Waals surface area contributed by atoms with Crippen molar-refractivity contribution in [3.05, 3.63) is 58.7 Å². The van der Waals surface area contributed by atoms with Gasteiger partial charge in [0.1, 0.15) is 5.92 Å². The molecule has 0 aromatic heterocycles. The first kappa shape index (κ1) is 19.7. The largest absolute Gasteiger partial charge is 0.373 e. The summed E-state index contributed by atoms with van der Waals surface area (Å²) in [7, 11) is 0. The zero-order chi connectivity index (χ0) is 21.4. The van der Waals surface area contributed by atoms with Gasteiger partial charge in [0.2, 0.25) is 0 Å². The number of hydrogen-bond acceptors (Lipinski definition) is 3. The van der Waals surface area contributed by atoms with Gasteiger partial charge < -0.3 is 4.74 Å². The highest BCUT2D eigenvalue weighted by Gasteiger charge is 2.63. The molecule has 0 radical (unpaired) electrons. The molecule has 0 spiro atoms. The highest BCUT2D eigenvalue weighted by atomic mass is 16.5. The lowest BCUT2D eigenvalue weighted by Gasteiger charge is -2.20. The molecule has 1 unspecified atom stereocenters. The van der Waals surface area contributed by atoms with Gasteiger partial charge in [-0.05, 0) is 65.5 Å². The second-order valence-electron chi connectivity index (χ2n) is 10.4. The number of fused-ring (bicyclic) bond motifs is 5. The summed E-state index contributed by atoms with van der Waals surface area (Å²) in [6, 6.07) is 13.0. The van der Waals surface area contributed by atoms with E-state index in [1.54, 1.807) is 0 Å². The van der Waals surface area contributed by atoms with Crippen LogP contribution >= 0.6 is 0 Å². The Kier molecular flexibility index (Phi) is 4.34. The Bertz CT molecular complexity index is 990. The summed E-state index contributed by atoms with van der Waals surface area (Å²) in [5, 5.41) is 0. The number of carbonyl (C=O) groups excluding carboxylic acids is 2. The molecule has 5 atom stereocenters. The van der Waals surface area contributed by atoms with Crippen LogP contribution in [-0.2, 0) is 19.7 Å². The van der Waals surface area contributed by atoms with Gasteiger partial charge in [0.05, 0.1) is 24.0 Å². The maximum absolute atomic E-state index is 13.3. The summed E-state index contributed by atoms with van der Waals surface area (Å²) in [4.78, 5) is 26.6. The van der Waals surface area contributed by atoms with Crippen molar-refractivity contribution >= 4 is 11.6 Å². The average molecular weight is 403 g/mol. The molecule has 3 nitrogen and oxygen atoms in total. The summed E-state index contributed by atoms with van der Waals surface area (Å²) in [5.41, 5.74) is 6.72. The molecule has 3 heteroatoms. The van der Waals surface area contributed by atoms with Gasteiger partial charge in [-0.2, -0.15) is 0 Å². The molecular formula is C27H30O3. The van der Waals surface area contributed by atoms with Gasteiger partial charge in [-0.1, -0.05) is 57.2 Å². The Labute approximate surface area is 178 Å². The van der Waals surface area contributed by atoms with Crippen molar-refractivity contribution in [2.24, 2.45) is 11.8 Å². The van der Waals surface area contributed by atoms with Crippen molar-refractivity contribution in [3.8, 4) is 11.1 Å². The smallest absolute Gasteiger partial charge is 0.154 e. The van der Waals surface area contributed by atoms with Crippen molar-refractivity contribution in [1.29, 1.82) is 0 Å². The predicted octanol–water partition coefficient (Wildman–Crippen LogP) is 5.30. The fraction of sp³-hybridized carbons (Fsp3) is 0.481. The highest BCUT2D eigenvalue weighted by molar-refractivity contribution is 6.17. The van der Waals surface area contributed by atoms with Crippen molar-refractivity contribution in [3.63, 3.8) is 0 Å². The lowest BCUT2D eigenvalue weighted by Crippen LogP contribution is -2.29. The van der Waals surface area contributed by atoms with E-state index in [-0.39, 0.29) is 41.0 Å². The van der Waals surface area contributed by atoms with Crippen molar-refractivity contribution in [1.82, 2.24) is 0 Å². The molecule has 156 valence electrons. The predicted molar refractivity (Wildman–Crippen MR) is 118 cm³/mol. The first-order valence-corrected chi connectivity index (χ1v) is 11.1. The van der Waals surface area contributed by atoms with Crippen LogP contribution in [0.4, 0.5) is 0 Å². The van der Waals surface area contributed by atoms with E-state index >= 15 is 0 Å². The zero-order valence-corrected chi connectivity index (χ0v) is 18.5. The number of Topliss-reactive ketones (excluding diaryl/α,β-unsaturated/α-hetero) is 2. The minimum Gasteiger partial charge on any atom is -0.373 e. The Hall–Kier alpha value is -2.26. The summed E-state index contributed by atoms with van der Waals surface area (Å²) in [6.45, 7) is 10.7. The monoisotopic (exact) mass is 402 g/mol. The van der Waals surface area contributed by atoms with Crippen LogP contribution in [0.5, 0.6) is 0 Å². The van der Waals surface area contributed by atoms with Gasteiger partial charge >= 0.3 is 0 Å². The molecule has 3 fully saturated rings. The number of rotatable bonds is 2. The maximum atomic E-state index is 13.3. The van der Waals surface area contributed by atoms with E-state index in [1.165, 1.54) is 5.56 Å². The molecule has 30 heavy (non-hydrogen) atoms. The molecule has 1 aliphatic carbocycles. The van der Waals surface area contributed by atoms with Gasteiger partial charge in [-0.25, -0.2) is 0 Å². The van der Waals surface area contributed by atoms with Gasteiger partial charge in [0, 0.05) is 0 Å². The average Bonchev–Trinajstić information content (AvgIpc) is 3.36. The van der Waals surface area contributed by atoms with Gasteiger partial charge in [0.15, 0.2) is 11.6 Å². The molecule has 0 N–H and O–H groups in total. The number of benzene rings is 2. The van der Waals surface area contributed by atoms with E-state index in [4.69, 9.17) is 4.74 Å². The van der Waals surface area contributed by atoms with Crippen LogP contribution in [0, 0.1) is 25.7 Å². The number of ether oxygens (including phenoxy) is 1. The van der Waals surface area contributed by atoms with Crippen LogP contribution in [0.25, 0.3) is 11.1 Å². The fourth-order valence-corrected chi connectivity index (χ4v) is 5.97. The molecule has 2 heterocycles. The lowest BCUT2D eigenvalue weighted by atomic mass is 9.81. The third-order valence-electron chi connectivity index (χ3n) is 7.47. The Morgan fingerprint density at radius 3 is 1.77 bits per heavy atom. The first-order chi connectivity index (χ1) is 14.2. The quantitative estimate of drug-likeness (QED) is 0.641. The van der Waals surface area contributed by atoms with Crippen molar-refractivity contribution < 1.29 is 14.3 Å². The molecule has 3 aliphatic rings. The topological polar surface area (TPSA) is 43.4 Å². The number of aryl methyl sites for hydroxylation is 2. The molecule has 2 bridgehead atoms. The summed E-state index contributed by atoms with van der Waals surface area (Å²) < 4.78 is 5.89. The third kappa shape index (κ3) is 2.82. The number of hydrogen-bond donors (Lipinski definition) is 0. The second-order valence-corrected chi connectivity index (χ2v) is 10.4. The fourth-order valence-electron chi connectivity index (χ4n) is 5.97. The zero-order valence-electron chi connectivity index (χ0n) is 18.5. The number of ketones is 2. The molecule has 1 saturated carbocycles. The maximum Gasteiger partial charge on any atom is 0.154 e. The van der Waals surface area contributed by atoms with Crippen LogP contribution in [0.1, 0.15) is 61.8 Å². The van der Waals surface area contributed by atoms with Crippen LogP contribution in [0.3, 0.4) is 0 Å². The third-order valence-corrected chi connectivity index (χ3v) is 7.47. The molecule has 2 aromatic rings. The summed E-state index contributed by atoms with van der Waals surface area (Å²) in [6.07, 6.45) is 1.75. The van der Waals surface area contributed by atoms with E-state index in [2.05, 4.69) is 57.2 Å². The van der Waals surface area contributed by atoms with Crippen LogP contribution < -0.4 is 0 Å². The number of carbonyl (C=O) groups is 2. The van der Waals surface area contributed by atoms with Gasteiger partial charge in [-0.3, -0.25) is 9.59 Å². The van der Waals surface area contributed by atoms with Crippen molar-refractivity contribution in [2.45, 2.75) is 71.0 Å². The molecule has 2 aliphatic heterocycles. The molecule has 2 saturated heterocycles. The lowest BCUT2D eigenvalue weighted by molar-refractivity contribution is -0.127. The molecule has 0 amide bonds. The normalized spacial score (nSPS) is 30.2. The Morgan fingerprint density at radius 2 is 1.30 bits per heavy atom. The molecule has 5 rings (SSSR count). The molecular weight excluding hydrogens is 372 g/mol. The van der Waals surface area contributed by atoms with Gasteiger partial charge in [0.25, 0.3) is 0 Å². The Morgan fingerprint density at radius 1 is 0.800 bits per heavy atom. The first-order valence-electron chi connectivity index (χ1n) is 11.1. The van der Waals surface area contributed by atoms with E-state index in [1.807, 2.05) is 13.8 Å². The van der Waals surface area contributed by atoms with Crippen LogP contribution in [0.2, 0.25) is 0 Å². The van der Waals surface area contributed by atoms with Crippen LogP contribution in [0.15, 0.2) is 36.4 Å². The van der Waals surface area contributed by atoms with E-state index in [9.17, 15) is 9.59 Å². The SMILES string of the molecule is Cc1cc(-c2ccc(C(C)(C)C)cc2)cc(C)c1C1C(=O)[C@@H]2[C@H](C1=O)[C@H]1CC[C@H]2O1. The van der Waals surface area contributed by atoms with Crippen LogP contribution in [-0.4, -0.2) is 23.8 Å². The van der Waals surface area contributed by atoms with Gasteiger partial charge in [-0.15, -0.1) is 0 Å². The van der Waals surface area contributed by atoms with E-state index < -0.39 is 5.92 Å². The van der Waals surface area contributed by atoms with Crippen molar-refractivity contribution in [2.75, 3.05) is 0 Å². The van der Waals surface area contributed by atoms with E-state index in [0.717, 1.165) is 40.7 Å².